The molecule has 0 aliphatic carbocycles. The third kappa shape index (κ3) is 2.15. The average molecular weight is 207 g/mol. The maximum atomic E-state index is 5.70. The van der Waals surface area contributed by atoms with Crippen LogP contribution in [0.4, 0.5) is 0 Å². The molecule has 0 bridgehead atoms. The number of hydrogen-bond donors (Lipinski definition) is 0. The van der Waals surface area contributed by atoms with Gasteiger partial charge in [0.05, 0.1) is 0 Å². The van der Waals surface area contributed by atoms with Gasteiger partial charge in [-0.1, -0.05) is 17.7 Å². The van der Waals surface area contributed by atoms with Crippen LogP contribution in [0.25, 0.3) is 0 Å². The average Bonchev–Trinajstić information content (AvgIpc) is 2.56. The summed E-state index contributed by atoms with van der Waals surface area (Å²) in [6.07, 6.45) is 6.87. The summed E-state index contributed by atoms with van der Waals surface area (Å²) in [5.74, 6) is 0. The third-order valence-corrected chi connectivity index (χ3v) is 2.31. The first kappa shape index (κ1) is 9.28. The first-order valence-corrected chi connectivity index (χ1v) is 4.83. The quantitative estimate of drug-likeness (QED) is 0.691. The van der Waals surface area contributed by atoms with Crippen molar-refractivity contribution in [2.24, 2.45) is 7.05 Å². The fraction of sp³-hybridized carbons (Fsp3) is 0.182. The molecule has 0 amide bonds. The van der Waals surface area contributed by atoms with Crippen molar-refractivity contribution in [2.75, 3.05) is 0 Å². The van der Waals surface area contributed by atoms with Gasteiger partial charge >= 0.3 is 0 Å². The maximum absolute atomic E-state index is 5.70. The number of aromatic nitrogens is 2. The molecule has 14 heavy (non-hydrogen) atoms. The Kier molecular flexibility index (Phi) is 2.55. The van der Waals surface area contributed by atoms with E-state index in [2.05, 4.69) is 17.2 Å². The topological polar surface area (TPSA) is 17.8 Å². The molecule has 3 heteroatoms. The van der Waals surface area contributed by atoms with Gasteiger partial charge in [-0.25, -0.2) is 4.98 Å². The van der Waals surface area contributed by atoms with E-state index >= 15 is 0 Å². The Balaban J connectivity index is 2.15. The minimum absolute atomic E-state index is 0.543. The molecular weight excluding hydrogens is 196 g/mol. The minimum Gasteiger partial charge on any atom is -0.357 e. The molecule has 2 heterocycles. The van der Waals surface area contributed by atoms with E-state index in [0.717, 1.165) is 6.42 Å². The first-order valence-electron chi connectivity index (χ1n) is 4.45. The SMILES string of the molecule is Cn1ccc(Cc2ccc(Cl)nc2)c1. The number of pyridine rings is 1. The Morgan fingerprint density at radius 3 is 2.71 bits per heavy atom. The molecule has 2 rings (SSSR count). The van der Waals surface area contributed by atoms with Crippen molar-refractivity contribution in [1.29, 1.82) is 0 Å². The number of aryl methyl sites for hydroxylation is 1. The molecule has 2 nitrogen and oxygen atoms in total. The molecule has 72 valence electrons. The van der Waals surface area contributed by atoms with Crippen molar-refractivity contribution in [3.8, 4) is 0 Å². The molecule has 0 N–H and O–H groups in total. The lowest BCUT2D eigenvalue weighted by molar-refractivity contribution is 0.921. The van der Waals surface area contributed by atoms with E-state index in [9.17, 15) is 0 Å². The van der Waals surface area contributed by atoms with Crippen LogP contribution < -0.4 is 0 Å². The molecule has 0 saturated heterocycles. The van der Waals surface area contributed by atoms with E-state index < -0.39 is 0 Å². The first-order chi connectivity index (χ1) is 6.74. The van der Waals surface area contributed by atoms with Crippen LogP contribution in [0.3, 0.4) is 0 Å². The number of nitrogens with zero attached hydrogens (tertiary/aromatic N) is 2. The lowest BCUT2D eigenvalue weighted by Gasteiger charge is -1.97. The van der Waals surface area contributed by atoms with E-state index in [-0.39, 0.29) is 0 Å². The summed E-state index contributed by atoms with van der Waals surface area (Å²) < 4.78 is 2.04. The predicted molar refractivity (Wildman–Crippen MR) is 57.5 cm³/mol. The van der Waals surface area contributed by atoms with Crippen molar-refractivity contribution in [3.63, 3.8) is 0 Å². The molecule has 0 radical (unpaired) electrons. The predicted octanol–water partition coefficient (Wildman–Crippen LogP) is 2.66. The Morgan fingerprint density at radius 1 is 1.29 bits per heavy atom. The maximum Gasteiger partial charge on any atom is 0.129 e. The monoisotopic (exact) mass is 206 g/mol. The second-order valence-corrected chi connectivity index (χ2v) is 3.74. The van der Waals surface area contributed by atoms with Crippen molar-refractivity contribution in [1.82, 2.24) is 9.55 Å². The highest BCUT2D eigenvalue weighted by atomic mass is 35.5. The van der Waals surface area contributed by atoms with Gasteiger partial charge in [0, 0.05) is 32.1 Å². The molecule has 0 aliphatic rings. The van der Waals surface area contributed by atoms with Gasteiger partial charge in [-0.05, 0) is 23.3 Å². The van der Waals surface area contributed by atoms with Gasteiger partial charge in [-0.2, -0.15) is 0 Å². The van der Waals surface area contributed by atoms with Gasteiger partial charge in [0.25, 0.3) is 0 Å². The molecule has 2 aromatic rings. The molecule has 2 aromatic heterocycles. The summed E-state index contributed by atoms with van der Waals surface area (Å²) in [5, 5.41) is 0.543. The number of halogens is 1. The van der Waals surface area contributed by atoms with Crippen molar-refractivity contribution in [2.45, 2.75) is 6.42 Å². The van der Waals surface area contributed by atoms with Crippen LogP contribution in [0.15, 0.2) is 36.8 Å². The summed E-state index contributed by atoms with van der Waals surface area (Å²) in [6, 6.07) is 5.93. The highest BCUT2D eigenvalue weighted by molar-refractivity contribution is 6.29. The Morgan fingerprint density at radius 2 is 2.14 bits per heavy atom. The van der Waals surface area contributed by atoms with Gasteiger partial charge in [0.2, 0.25) is 0 Å². The zero-order valence-corrected chi connectivity index (χ0v) is 8.70. The lowest BCUT2D eigenvalue weighted by Crippen LogP contribution is -1.87. The van der Waals surface area contributed by atoms with E-state index in [1.807, 2.05) is 36.1 Å². The van der Waals surface area contributed by atoms with E-state index in [0.29, 0.717) is 5.15 Å². The van der Waals surface area contributed by atoms with Crippen molar-refractivity contribution in [3.05, 3.63) is 53.1 Å². The van der Waals surface area contributed by atoms with Crippen LogP contribution in [-0.4, -0.2) is 9.55 Å². The minimum atomic E-state index is 0.543. The van der Waals surface area contributed by atoms with Gasteiger partial charge in [-0.15, -0.1) is 0 Å². The molecule has 0 saturated carbocycles. The standard InChI is InChI=1S/C11H11ClN2/c1-14-5-4-10(8-14)6-9-2-3-11(12)13-7-9/h2-5,7-8H,6H2,1H3. The van der Waals surface area contributed by atoms with Crippen LogP contribution in [0.5, 0.6) is 0 Å². The smallest absolute Gasteiger partial charge is 0.129 e. The summed E-state index contributed by atoms with van der Waals surface area (Å²) >= 11 is 5.70. The van der Waals surface area contributed by atoms with Crippen LogP contribution in [0.1, 0.15) is 11.1 Å². The Bertz CT molecular complexity index is 417. The molecular formula is C11H11ClN2. The lowest BCUT2D eigenvalue weighted by atomic mass is 10.1. The fourth-order valence-electron chi connectivity index (χ4n) is 1.41. The van der Waals surface area contributed by atoms with Crippen molar-refractivity contribution >= 4 is 11.6 Å². The zero-order chi connectivity index (χ0) is 9.97. The Labute approximate surface area is 88.2 Å². The van der Waals surface area contributed by atoms with E-state index in [1.165, 1.54) is 11.1 Å². The summed E-state index contributed by atoms with van der Waals surface area (Å²) in [6.45, 7) is 0. The molecule has 0 unspecified atom stereocenters. The Hall–Kier alpha value is -1.28. The molecule has 0 fully saturated rings. The van der Waals surface area contributed by atoms with E-state index in [1.54, 1.807) is 0 Å². The molecule has 0 aliphatic heterocycles. The summed E-state index contributed by atoms with van der Waals surface area (Å²) in [4.78, 5) is 4.04. The van der Waals surface area contributed by atoms with Gasteiger partial charge in [0.1, 0.15) is 5.15 Å². The molecule has 0 atom stereocenters. The highest BCUT2D eigenvalue weighted by Crippen LogP contribution is 2.10. The second kappa shape index (κ2) is 3.84. The summed E-state index contributed by atoms with van der Waals surface area (Å²) in [7, 11) is 2.02. The van der Waals surface area contributed by atoms with Crippen LogP contribution >= 0.6 is 11.6 Å². The molecule has 0 spiro atoms. The van der Waals surface area contributed by atoms with Gasteiger partial charge < -0.3 is 4.57 Å². The largest absolute Gasteiger partial charge is 0.357 e. The fourth-order valence-corrected chi connectivity index (χ4v) is 1.52. The van der Waals surface area contributed by atoms with Gasteiger partial charge in [-0.3, -0.25) is 0 Å². The molecule has 0 aromatic carbocycles. The van der Waals surface area contributed by atoms with Gasteiger partial charge in [0.15, 0.2) is 0 Å². The number of hydrogen-bond acceptors (Lipinski definition) is 1. The van der Waals surface area contributed by atoms with Crippen LogP contribution in [0, 0.1) is 0 Å². The van der Waals surface area contributed by atoms with Crippen LogP contribution in [-0.2, 0) is 13.5 Å². The number of rotatable bonds is 2. The van der Waals surface area contributed by atoms with Crippen molar-refractivity contribution < 1.29 is 0 Å². The second-order valence-electron chi connectivity index (χ2n) is 3.35. The highest BCUT2D eigenvalue weighted by Gasteiger charge is 1.98. The van der Waals surface area contributed by atoms with E-state index in [4.69, 9.17) is 11.6 Å². The zero-order valence-electron chi connectivity index (χ0n) is 7.94. The normalized spacial score (nSPS) is 10.4. The van der Waals surface area contributed by atoms with Crippen LogP contribution in [0.2, 0.25) is 5.15 Å². The summed E-state index contributed by atoms with van der Waals surface area (Å²) in [5.41, 5.74) is 2.47. The third-order valence-electron chi connectivity index (χ3n) is 2.09.